The molecule has 0 radical (unpaired) electrons. The van der Waals surface area contributed by atoms with Crippen LogP contribution in [0.1, 0.15) is 58.8 Å². The van der Waals surface area contributed by atoms with Crippen molar-refractivity contribution in [3.63, 3.8) is 0 Å². The Bertz CT molecular complexity index is 229. The van der Waals surface area contributed by atoms with E-state index in [9.17, 15) is 0 Å². The smallest absolute Gasteiger partial charge is 0.0194 e. The van der Waals surface area contributed by atoms with Crippen LogP contribution in [0.15, 0.2) is 0 Å². The van der Waals surface area contributed by atoms with Crippen LogP contribution in [-0.2, 0) is 0 Å². The number of nitrogens with one attached hydrogen (secondary N) is 1. The van der Waals surface area contributed by atoms with Gasteiger partial charge in [-0.2, -0.15) is 0 Å². The highest BCUT2D eigenvalue weighted by Gasteiger charge is 2.23. The van der Waals surface area contributed by atoms with Crippen molar-refractivity contribution in [2.45, 2.75) is 64.8 Å². The predicted octanol–water partition coefficient (Wildman–Crippen LogP) is 3.28. The summed E-state index contributed by atoms with van der Waals surface area (Å²) in [4.78, 5) is 2.75. The molecule has 0 bridgehead atoms. The minimum absolute atomic E-state index is 0.749. The summed E-state index contributed by atoms with van der Waals surface area (Å²) in [6.45, 7) is 9.95. The van der Waals surface area contributed by atoms with Crippen LogP contribution in [0.4, 0.5) is 0 Å². The van der Waals surface area contributed by atoms with Crippen molar-refractivity contribution >= 4 is 0 Å². The highest BCUT2D eigenvalue weighted by atomic mass is 15.2. The Hall–Kier alpha value is -0.0800. The van der Waals surface area contributed by atoms with Crippen LogP contribution in [-0.4, -0.2) is 37.1 Å². The van der Waals surface area contributed by atoms with Crippen LogP contribution in [0.2, 0.25) is 0 Å². The molecule has 1 saturated heterocycles. The largest absolute Gasteiger partial charge is 0.313 e. The number of hydrogen-bond acceptors (Lipinski definition) is 2. The summed E-state index contributed by atoms with van der Waals surface area (Å²) < 4.78 is 0. The van der Waals surface area contributed by atoms with Crippen LogP contribution in [0.5, 0.6) is 0 Å². The summed E-state index contributed by atoms with van der Waals surface area (Å²) in [5, 5.41) is 3.72. The Kier molecular flexibility index (Phi) is 5.97. The van der Waals surface area contributed by atoms with Gasteiger partial charge in [-0.25, -0.2) is 0 Å². The first kappa shape index (κ1) is 14.3. The highest BCUT2D eigenvalue weighted by molar-refractivity contribution is 4.80. The van der Waals surface area contributed by atoms with E-state index in [1.807, 2.05) is 0 Å². The third-order valence-electron chi connectivity index (χ3n) is 4.76. The lowest BCUT2D eigenvalue weighted by atomic mass is 9.82. The fraction of sp³-hybridized carbons (Fsp3) is 1.00. The molecular weight excluding hydrogens is 220 g/mol. The van der Waals surface area contributed by atoms with Gasteiger partial charge >= 0.3 is 0 Å². The fourth-order valence-corrected chi connectivity index (χ4v) is 3.87. The summed E-state index contributed by atoms with van der Waals surface area (Å²) in [6.07, 6.45) is 9.88. The molecule has 0 aromatic rings. The van der Waals surface area contributed by atoms with Gasteiger partial charge in [0.2, 0.25) is 0 Å². The lowest BCUT2D eigenvalue weighted by molar-refractivity contribution is 0.176. The van der Waals surface area contributed by atoms with Crippen molar-refractivity contribution in [2.24, 2.45) is 11.8 Å². The molecule has 0 amide bonds. The van der Waals surface area contributed by atoms with Crippen molar-refractivity contribution < 1.29 is 0 Å². The molecule has 3 atom stereocenters. The SMILES string of the molecule is CCCC1CN(CC2CCCC(C)C2)CCCN1. The first-order valence-corrected chi connectivity index (χ1v) is 8.23. The topological polar surface area (TPSA) is 15.3 Å². The Morgan fingerprint density at radius 3 is 2.89 bits per heavy atom. The second-order valence-corrected chi connectivity index (χ2v) is 6.69. The van der Waals surface area contributed by atoms with Crippen molar-refractivity contribution in [2.75, 3.05) is 26.2 Å². The number of hydrogen-bond donors (Lipinski definition) is 1. The molecule has 0 aromatic carbocycles. The van der Waals surface area contributed by atoms with Gasteiger partial charge in [0.1, 0.15) is 0 Å². The first-order chi connectivity index (χ1) is 8.78. The maximum absolute atomic E-state index is 3.72. The Morgan fingerprint density at radius 2 is 2.11 bits per heavy atom. The van der Waals surface area contributed by atoms with Gasteiger partial charge < -0.3 is 10.2 Å². The molecule has 2 aliphatic rings. The van der Waals surface area contributed by atoms with E-state index in [4.69, 9.17) is 0 Å². The van der Waals surface area contributed by atoms with E-state index in [0.717, 1.165) is 17.9 Å². The lowest BCUT2D eigenvalue weighted by Gasteiger charge is -2.32. The molecule has 2 rings (SSSR count). The van der Waals surface area contributed by atoms with Crippen molar-refractivity contribution in [1.82, 2.24) is 10.2 Å². The van der Waals surface area contributed by atoms with Crippen LogP contribution >= 0.6 is 0 Å². The molecule has 1 heterocycles. The molecular formula is C16H32N2. The van der Waals surface area contributed by atoms with Crippen molar-refractivity contribution in [3.05, 3.63) is 0 Å². The number of rotatable bonds is 4. The molecule has 1 aliphatic heterocycles. The van der Waals surface area contributed by atoms with Crippen LogP contribution < -0.4 is 5.32 Å². The van der Waals surface area contributed by atoms with E-state index >= 15 is 0 Å². The Morgan fingerprint density at radius 1 is 1.22 bits per heavy atom. The normalized spacial score (nSPS) is 35.3. The quantitative estimate of drug-likeness (QED) is 0.826. The zero-order chi connectivity index (χ0) is 12.8. The van der Waals surface area contributed by atoms with Gasteiger partial charge in [0.25, 0.3) is 0 Å². The lowest BCUT2D eigenvalue weighted by Crippen LogP contribution is -2.40. The molecule has 0 spiro atoms. The molecule has 106 valence electrons. The van der Waals surface area contributed by atoms with E-state index < -0.39 is 0 Å². The second kappa shape index (κ2) is 7.49. The molecule has 1 aliphatic carbocycles. The molecule has 1 saturated carbocycles. The van der Waals surface area contributed by atoms with Gasteiger partial charge in [-0.1, -0.05) is 33.1 Å². The van der Waals surface area contributed by atoms with Crippen LogP contribution in [0, 0.1) is 11.8 Å². The molecule has 2 nitrogen and oxygen atoms in total. The zero-order valence-electron chi connectivity index (χ0n) is 12.5. The molecule has 1 N–H and O–H groups in total. The van der Waals surface area contributed by atoms with Gasteiger partial charge in [-0.3, -0.25) is 0 Å². The van der Waals surface area contributed by atoms with E-state index in [0.29, 0.717) is 0 Å². The minimum Gasteiger partial charge on any atom is -0.313 e. The maximum Gasteiger partial charge on any atom is 0.0194 e. The van der Waals surface area contributed by atoms with Crippen LogP contribution in [0.3, 0.4) is 0 Å². The zero-order valence-corrected chi connectivity index (χ0v) is 12.5. The van der Waals surface area contributed by atoms with E-state index in [-0.39, 0.29) is 0 Å². The van der Waals surface area contributed by atoms with Gasteiger partial charge in [0.05, 0.1) is 0 Å². The third kappa shape index (κ3) is 4.55. The van der Waals surface area contributed by atoms with Gasteiger partial charge in [0, 0.05) is 19.1 Å². The second-order valence-electron chi connectivity index (χ2n) is 6.69. The van der Waals surface area contributed by atoms with Crippen molar-refractivity contribution in [1.29, 1.82) is 0 Å². The van der Waals surface area contributed by atoms with Gasteiger partial charge in [0.15, 0.2) is 0 Å². The standard InChI is InChI=1S/C16H32N2/c1-3-6-16-13-18(10-5-9-17-16)12-15-8-4-7-14(2)11-15/h14-17H,3-13H2,1-2H3. The van der Waals surface area contributed by atoms with Gasteiger partial charge in [-0.15, -0.1) is 0 Å². The summed E-state index contributed by atoms with van der Waals surface area (Å²) in [5.41, 5.74) is 0. The molecule has 3 unspecified atom stereocenters. The van der Waals surface area contributed by atoms with Crippen LogP contribution in [0.25, 0.3) is 0 Å². The summed E-state index contributed by atoms with van der Waals surface area (Å²) in [7, 11) is 0. The fourth-order valence-electron chi connectivity index (χ4n) is 3.87. The third-order valence-corrected chi connectivity index (χ3v) is 4.76. The monoisotopic (exact) mass is 252 g/mol. The molecule has 2 heteroatoms. The summed E-state index contributed by atoms with van der Waals surface area (Å²) in [6, 6.07) is 0.749. The number of nitrogens with zero attached hydrogens (tertiary/aromatic N) is 1. The Labute approximate surface area is 114 Å². The Balaban J connectivity index is 1.79. The van der Waals surface area contributed by atoms with E-state index in [1.54, 1.807) is 0 Å². The minimum atomic E-state index is 0.749. The maximum atomic E-state index is 3.72. The first-order valence-electron chi connectivity index (χ1n) is 8.23. The average molecular weight is 252 g/mol. The van der Waals surface area contributed by atoms with E-state index in [2.05, 4.69) is 24.1 Å². The summed E-state index contributed by atoms with van der Waals surface area (Å²) >= 11 is 0. The van der Waals surface area contributed by atoms with Crippen molar-refractivity contribution in [3.8, 4) is 0 Å². The highest BCUT2D eigenvalue weighted by Crippen LogP contribution is 2.29. The molecule has 2 fully saturated rings. The average Bonchev–Trinajstić information content (AvgIpc) is 2.55. The molecule has 0 aromatic heterocycles. The van der Waals surface area contributed by atoms with Gasteiger partial charge in [-0.05, 0) is 50.6 Å². The van der Waals surface area contributed by atoms with E-state index in [1.165, 1.54) is 71.1 Å². The summed E-state index contributed by atoms with van der Waals surface area (Å²) in [5.74, 6) is 1.95. The molecule has 18 heavy (non-hydrogen) atoms. The predicted molar refractivity (Wildman–Crippen MR) is 78.9 cm³/mol.